The van der Waals surface area contributed by atoms with Gasteiger partial charge in [-0.15, -0.1) is 0 Å². The minimum Gasteiger partial charge on any atom is -0.492 e. The second-order valence-corrected chi connectivity index (χ2v) is 9.07. The predicted molar refractivity (Wildman–Crippen MR) is 128 cm³/mol. The normalized spacial score (nSPS) is 11.1. The Hall–Kier alpha value is -2.71. The summed E-state index contributed by atoms with van der Waals surface area (Å²) in [6, 6.07) is 15.3. The quantitative estimate of drug-likeness (QED) is 0.331. The Morgan fingerprint density at radius 2 is 2.00 bits per heavy atom. The van der Waals surface area contributed by atoms with Gasteiger partial charge in [0.05, 0.1) is 23.5 Å². The fraction of sp³-hybridized carbons (Fsp3) is 0.261. The van der Waals surface area contributed by atoms with E-state index in [0.29, 0.717) is 30.4 Å². The number of anilines is 1. The number of nitrogens with zero attached hydrogens (tertiary/aromatic N) is 4. The highest BCUT2D eigenvalue weighted by Gasteiger charge is 2.23. The Kier molecular flexibility index (Phi) is 6.38. The number of hydrogen-bond donors (Lipinski definition) is 0. The van der Waals surface area contributed by atoms with E-state index in [1.54, 1.807) is 4.90 Å². The molecule has 0 aliphatic heterocycles. The Balaban J connectivity index is 1.72. The Morgan fingerprint density at radius 3 is 2.71 bits per heavy atom. The van der Waals surface area contributed by atoms with Crippen LogP contribution in [0.1, 0.15) is 28.7 Å². The zero-order chi connectivity index (χ0) is 22.0. The molecule has 2 aromatic carbocycles. The zero-order valence-electron chi connectivity index (χ0n) is 17.6. The predicted octanol–water partition coefficient (Wildman–Crippen LogP) is 5.62. The van der Waals surface area contributed by atoms with E-state index in [1.165, 1.54) is 11.3 Å². The largest absolute Gasteiger partial charge is 0.492 e. The lowest BCUT2D eigenvalue weighted by atomic mass is 10.2. The lowest BCUT2D eigenvalue weighted by Gasteiger charge is -2.20. The highest BCUT2D eigenvalue weighted by Crippen LogP contribution is 2.35. The molecular weight excluding hydrogens is 476 g/mol. The van der Waals surface area contributed by atoms with Crippen LogP contribution in [0.4, 0.5) is 5.13 Å². The van der Waals surface area contributed by atoms with Crippen LogP contribution in [0.15, 0.2) is 53.0 Å². The third kappa shape index (κ3) is 4.65. The number of benzene rings is 2. The number of aromatic nitrogens is 3. The van der Waals surface area contributed by atoms with Gasteiger partial charge >= 0.3 is 0 Å². The SMILES string of the molecule is CCOc1cccc2sc(N(CCn3nc(C)cc3C)C(=O)c3cccc(Br)c3)nc12. The van der Waals surface area contributed by atoms with Crippen LogP contribution in [0.5, 0.6) is 5.75 Å². The van der Waals surface area contributed by atoms with Gasteiger partial charge in [-0.3, -0.25) is 14.4 Å². The summed E-state index contributed by atoms with van der Waals surface area (Å²) >= 11 is 4.95. The van der Waals surface area contributed by atoms with Gasteiger partial charge in [-0.2, -0.15) is 5.10 Å². The van der Waals surface area contributed by atoms with Gasteiger partial charge in [-0.25, -0.2) is 4.98 Å². The van der Waals surface area contributed by atoms with Gasteiger partial charge in [0.25, 0.3) is 5.91 Å². The van der Waals surface area contributed by atoms with Crippen LogP contribution in [0.3, 0.4) is 0 Å². The monoisotopic (exact) mass is 498 g/mol. The van der Waals surface area contributed by atoms with E-state index >= 15 is 0 Å². The van der Waals surface area contributed by atoms with Crippen molar-refractivity contribution in [2.45, 2.75) is 27.3 Å². The lowest BCUT2D eigenvalue weighted by Crippen LogP contribution is -2.34. The van der Waals surface area contributed by atoms with E-state index in [1.807, 2.05) is 74.0 Å². The first kappa shape index (κ1) is 21.5. The van der Waals surface area contributed by atoms with Crippen LogP contribution >= 0.6 is 27.3 Å². The third-order valence-corrected chi connectivity index (χ3v) is 6.39. The van der Waals surface area contributed by atoms with Crippen molar-refractivity contribution in [3.05, 3.63) is 70.0 Å². The lowest BCUT2D eigenvalue weighted by molar-refractivity contribution is 0.0985. The number of para-hydroxylation sites is 1. The van der Waals surface area contributed by atoms with E-state index in [9.17, 15) is 4.79 Å². The average Bonchev–Trinajstić information content (AvgIpc) is 3.31. The number of amides is 1. The topological polar surface area (TPSA) is 60.2 Å². The second-order valence-electron chi connectivity index (χ2n) is 7.15. The number of aryl methyl sites for hydroxylation is 2. The molecule has 6 nitrogen and oxygen atoms in total. The van der Waals surface area contributed by atoms with Crippen molar-refractivity contribution in [1.29, 1.82) is 0 Å². The van der Waals surface area contributed by atoms with Crippen LogP contribution in [0.2, 0.25) is 0 Å². The molecule has 2 aromatic heterocycles. The minimum atomic E-state index is -0.0974. The molecule has 0 aliphatic carbocycles. The molecule has 0 bridgehead atoms. The van der Waals surface area contributed by atoms with Crippen LogP contribution in [0.25, 0.3) is 10.2 Å². The summed E-state index contributed by atoms with van der Waals surface area (Å²) in [4.78, 5) is 20.0. The molecule has 0 aliphatic rings. The van der Waals surface area contributed by atoms with Crippen LogP contribution in [-0.4, -0.2) is 33.8 Å². The van der Waals surface area contributed by atoms with Gasteiger partial charge in [0.1, 0.15) is 11.3 Å². The summed E-state index contributed by atoms with van der Waals surface area (Å²) in [5.41, 5.74) is 3.41. The number of ether oxygens (including phenoxy) is 1. The molecule has 2 heterocycles. The molecule has 160 valence electrons. The number of fused-ring (bicyclic) bond motifs is 1. The molecule has 0 radical (unpaired) electrons. The molecule has 8 heteroatoms. The summed E-state index contributed by atoms with van der Waals surface area (Å²) < 4.78 is 9.51. The molecule has 4 aromatic rings. The summed E-state index contributed by atoms with van der Waals surface area (Å²) in [6.07, 6.45) is 0. The Morgan fingerprint density at radius 1 is 1.19 bits per heavy atom. The molecule has 4 rings (SSSR count). The Bertz CT molecular complexity index is 1230. The van der Waals surface area contributed by atoms with Gasteiger partial charge in [-0.05, 0) is 57.2 Å². The molecule has 0 saturated heterocycles. The van der Waals surface area contributed by atoms with Crippen LogP contribution in [-0.2, 0) is 6.54 Å². The number of hydrogen-bond acceptors (Lipinski definition) is 5. The minimum absolute atomic E-state index is 0.0974. The van der Waals surface area contributed by atoms with E-state index in [0.717, 1.165) is 31.8 Å². The van der Waals surface area contributed by atoms with Crippen molar-refractivity contribution in [2.24, 2.45) is 0 Å². The first-order valence-electron chi connectivity index (χ1n) is 10.1. The van der Waals surface area contributed by atoms with Crippen molar-refractivity contribution in [3.8, 4) is 5.75 Å². The number of carbonyl (C=O) groups is 1. The maximum absolute atomic E-state index is 13.5. The molecule has 0 spiro atoms. The van der Waals surface area contributed by atoms with Gasteiger partial charge in [0.2, 0.25) is 0 Å². The highest BCUT2D eigenvalue weighted by molar-refractivity contribution is 9.10. The standard InChI is InChI=1S/C23H23BrN4O2S/c1-4-30-19-9-6-10-20-21(19)25-23(31-20)27(11-12-28-16(3)13-15(2)26-28)22(29)17-7-5-8-18(24)14-17/h5-10,13-14H,4,11-12H2,1-3H3. The molecule has 0 saturated carbocycles. The summed E-state index contributed by atoms with van der Waals surface area (Å²) in [7, 11) is 0. The summed E-state index contributed by atoms with van der Waals surface area (Å²) in [5.74, 6) is 0.635. The van der Waals surface area contributed by atoms with E-state index < -0.39 is 0 Å². The molecule has 0 N–H and O–H groups in total. The number of carbonyl (C=O) groups excluding carboxylic acids is 1. The van der Waals surface area contributed by atoms with E-state index in [2.05, 4.69) is 21.0 Å². The number of rotatable bonds is 7. The zero-order valence-corrected chi connectivity index (χ0v) is 20.0. The number of thiazole rings is 1. The van der Waals surface area contributed by atoms with Crippen LogP contribution in [0, 0.1) is 13.8 Å². The average molecular weight is 499 g/mol. The van der Waals surface area contributed by atoms with Crippen molar-refractivity contribution in [2.75, 3.05) is 18.1 Å². The fourth-order valence-electron chi connectivity index (χ4n) is 3.46. The molecule has 0 fully saturated rings. The van der Waals surface area contributed by atoms with Gasteiger partial charge < -0.3 is 4.74 Å². The maximum atomic E-state index is 13.5. The maximum Gasteiger partial charge on any atom is 0.260 e. The smallest absolute Gasteiger partial charge is 0.260 e. The van der Waals surface area contributed by atoms with E-state index in [-0.39, 0.29) is 5.91 Å². The molecular formula is C23H23BrN4O2S. The van der Waals surface area contributed by atoms with Crippen molar-refractivity contribution in [1.82, 2.24) is 14.8 Å². The first-order chi connectivity index (χ1) is 15.0. The molecule has 1 amide bonds. The molecule has 0 atom stereocenters. The molecule has 0 unspecified atom stereocenters. The highest BCUT2D eigenvalue weighted by atomic mass is 79.9. The van der Waals surface area contributed by atoms with Crippen molar-refractivity contribution < 1.29 is 9.53 Å². The van der Waals surface area contributed by atoms with Crippen LogP contribution < -0.4 is 9.64 Å². The van der Waals surface area contributed by atoms with Crippen molar-refractivity contribution in [3.63, 3.8) is 0 Å². The molecule has 31 heavy (non-hydrogen) atoms. The van der Waals surface area contributed by atoms with Gasteiger partial charge in [-0.1, -0.05) is 39.4 Å². The van der Waals surface area contributed by atoms with E-state index in [4.69, 9.17) is 9.72 Å². The fourth-order valence-corrected chi connectivity index (χ4v) is 4.86. The third-order valence-electron chi connectivity index (χ3n) is 4.86. The van der Waals surface area contributed by atoms with Gasteiger partial charge in [0.15, 0.2) is 5.13 Å². The summed E-state index contributed by atoms with van der Waals surface area (Å²) in [5, 5.41) is 5.18. The first-order valence-corrected chi connectivity index (χ1v) is 11.7. The van der Waals surface area contributed by atoms with Crippen molar-refractivity contribution >= 4 is 48.5 Å². The summed E-state index contributed by atoms with van der Waals surface area (Å²) in [6.45, 7) is 7.53. The van der Waals surface area contributed by atoms with Gasteiger partial charge in [0, 0.05) is 22.3 Å². The second kappa shape index (κ2) is 9.20. The Labute approximate surface area is 193 Å². The number of halogens is 1.